The Hall–Kier alpha value is -0.610. The fraction of sp³-hybridized carbons (Fsp3) is 0.929. The van der Waals surface area contributed by atoms with Crippen molar-refractivity contribution in [3.05, 3.63) is 0 Å². The molecular weight excluding hydrogens is 228 g/mol. The van der Waals surface area contributed by atoms with Crippen molar-refractivity contribution < 1.29 is 9.53 Å². The van der Waals surface area contributed by atoms with Gasteiger partial charge in [0.05, 0.1) is 18.1 Å². The van der Waals surface area contributed by atoms with Gasteiger partial charge in [-0.05, 0) is 39.2 Å². The van der Waals surface area contributed by atoms with Gasteiger partial charge in [0.1, 0.15) is 0 Å². The number of nitrogens with two attached hydrogens (primary N) is 1. The molecule has 0 bridgehead atoms. The Labute approximate surface area is 111 Å². The standard InChI is InChI=1S/C14H28N2O2/c1-5-8-16(9-6-7-15)14(17)13-10(2)11(3)18-12(13)4/h10-13H,5-9,15H2,1-4H3. The van der Waals surface area contributed by atoms with E-state index in [-0.39, 0.29) is 24.0 Å². The van der Waals surface area contributed by atoms with Crippen molar-refractivity contribution in [1.82, 2.24) is 4.90 Å². The molecule has 1 fully saturated rings. The molecule has 1 amide bonds. The molecule has 4 atom stereocenters. The first-order valence-corrected chi connectivity index (χ1v) is 7.17. The summed E-state index contributed by atoms with van der Waals surface area (Å²) in [5.74, 6) is 0.545. The van der Waals surface area contributed by atoms with Crippen LogP contribution in [0.1, 0.15) is 40.5 Å². The van der Waals surface area contributed by atoms with Crippen LogP contribution in [0.2, 0.25) is 0 Å². The minimum Gasteiger partial charge on any atom is -0.374 e. The Morgan fingerprint density at radius 2 is 1.89 bits per heavy atom. The highest BCUT2D eigenvalue weighted by molar-refractivity contribution is 5.80. The van der Waals surface area contributed by atoms with E-state index in [0.717, 1.165) is 25.9 Å². The molecule has 4 unspecified atom stereocenters. The maximum absolute atomic E-state index is 12.6. The second-order valence-electron chi connectivity index (χ2n) is 5.40. The zero-order valence-electron chi connectivity index (χ0n) is 12.2. The molecule has 1 aliphatic rings. The molecule has 0 aromatic rings. The lowest BCUT2D eigenvalue weighted by Gasteiger charge is -2.28. The van der Waals surface area contributed by atoms with Crippen LogP contribution in [0.15, 0.2) is 0 Å². The number of carbonyl (C=O) groups is 1. The van der Waals surface area contributed by atoms with Crippen molar-refractivity contribution in [1.29, 1.82) is 0 Å². The van der Waals surface area contributed by atoms with Crippen LogP contribution in [0.25, 0.3) is 0 Å². The van der Waals surface area contributed by atoms with E-state index < -0.39 is 0 Å². The number of nitrogens with zero attached hydrogens (tertiary/aromatic N) is 1. The molecule has 1 heterocycles. The highest BCUT2D eigenvalue weighted by Gasteiger charge is 2.42. The van der Waals surface area contributed by atoms with Gasteiger partial charge in [-0.15, -0.1) is 0 Å². The second-order valence-corrected chi connectivity index (χ2v) is 5.40. The normalized spacial score (nSPS) is 31.6. The largest absolute Gasteiger partial charge is 0.374 e. The smallest absolute Gasteiger partial charge is 0.228 e. The first-order chi connectivity index (χ1) is 8.52. The Balaban J connectivity index is 2.69. The Morgan fingerprint density at radius 1 is 1.22 bits per heavy atom. The number of amides is 1. The Morgan fingerprint density at radius 3 is 2.33 bits per heavy atom. The SMILES string of the molecule is CCCN(CCCN)C(=O)C1C(C)OC(C)C1C. The molecule has 1 saturated heterocycles. The molecule has 0 aromatic carbocycles. The summed E-state index contributed by atoms with van der Waals surface area (Å²) in [6.45, 7) is 10.5. The third kappa shape index (κ3) is 3.45. The summed E-state index contributed by atoms with van der Waals surface area (Å²) in [5.41, 5.74) is 5.54. The number of rotatable bonds is 6. The van der Waals surface area contributed by atoms with Crippen molar-refractivity contribution in [2.75, 3.05) is 19.6 Å². The van der Waals surface area contributed by atoms with Gasteiger partial charge in [0.25, 0.3) is 0 Å². The van der Waals surface area contributed by atoms with Crippen molar-refractivity contribution in [3.8, 4) is 0 Å². The average Bonchev–Trinajstić information content (AvgIpc) is 2.58. The van der Waals surface area contributed by atoms with Crippen LogP contribution in [0.5, 0.6) is 0 Å². The van der Waals surface area contributed by atoms with Gasteiger partial charge in [-0.25, -0.2) is 0 Å². The van der Waals surface area contributed by atoms with Gasteiger partial charge >= 0.3 is 0 Å². The van der Waals surface area contributed by atoms with Gasteiger partial charge in [0, 0.05) is 13.1 Å². The Bertz CT molecular complexity index is 271. The van der Waals surface area contributed by atoms with Gasteiger partial charge in [-0.3, -0.25) is 4.79 Å². The van der Waals surface area contributed by atoms with Crippen molar-refractivity contribution in [2.24, 2.45) is 17.6 Å². The summed E-state index contributed by atoms with van der Waals surface area (Å²) in [6, 6.07) is 0. The van der Waals surface area contributed by atoms with Gasteiger partial charge < -0.3 is 15.4 Å². The molecule has 4 nitrogen and oxygen atoms in total. The van der Waals surface area contributed by atoms with Gasteiger partial charge in [-0.1, -0.05) is 13.8 Å². The lowest BCUT2D eigenvalue weighted by atomic mass is 9.88. The van der Waals surface area contributed by atoms with E-state index in [1.54, 1.807) is 0 Å². The van der Waals surface area contributed by atoms with Gasteiger partial charge in [-0.2, -0.15) is 0 Å². The summed E-state index contributed by atoms with van der Waals surface area (Å²) in [4.78, 5) is 14.6. The van der Waals surface area contributed by atoms with Crippen LogP contribution in [0.4, 0.5) is 0 Å². The molecule has 0 spiro atoms. The maximum atomic E-state index is 12.6. The van der Waals surface area contributed by atoms with Crippen LogP contribution in [0, 0.1) is 11.8 Å². The minimum atomic E-state index is 0.00400. The van der Waals surface area contributed by atoms with E-state index in [1.807, 2.05) is 11.8 Å². The van der Waals surface area contributed by atoms with Crippen LogP contribution in [0.3, 0.4) is 0 Å². The van der Waals surface area contributed by atoms with E-state index in [0.29, 0.717) is 12.5 Å². The quantitative estimate of drug-likeness (QED) is 0.786. The number of hydrogen-bond donors (Lipinski definition) is 1. The summed E-state index contributed by atoms with van der Waals surface area (Å²) in [5, 5.41) is 0. The van der Waals surface area contributed by atoms with E-state index in [1.165, 1.54) is 0 Å². The maximum Gasteiger partial charge on any atom is 0.228 e. The van der Waals surface area contributed by atoms with E-state index in [9.17, 15) is 4.79 Å². The molecule has 0 radical (unpaired) electrons. The zero-order chi connectivity index (χ0) is 13.7. The fourth-order valence-corrected chi connectivity index (χ4v) is 2.79. The van der Waals surface area contributed by atoms with Crippen LogP contribution in [-0.2, 0) is 9.53 Å². The predicted octanol–water partition coefficient (Wildman–Crippen LogP) is 1.63. The molecular formula is C14H28N2O2. The molecule has 18 heavy (non-hydrogen) atoms. The molecule has 2 N–H and O–H groups in total. The number of ether oxygens (including phenoxy) is 1. The van der Waals surface area contributed by atoms with Crippen molar-refractivity contribution >= 4 is 5.91 Å². The monoisotopic (exact) mass is 256 g/mol. The summed E-state index contributed by atoms with van der Waals surface area (Å²) < 4.78 is 5.77. The second kappa shape index (κ2) is 7.10. The molecule has 106 valence electrons. The minimum absolute atomic E-state index is 0.00400. The average molecular weight is 256 g/mol. The van der Waals surface area contributed by atoms with E-state index >= 15 is 0 Å². The predicted molar refractivity (Wildman–Crippen MR) is 73.2 cm³/mol. The van der Waals surface area contributed by atoms with E-state index in [2.05, 4.69) is 20.8 Å². The molecule has 0 aliphatic carbocycles. The molecule has 1 rings (SSSR count). The third-order valence-electron chi connectivity index (χ3n) is 3.96. The lowest BCUT2D eigenvalue weighted by molar-refractivity contribution is -0.138. The van der Waals surface area contributed by atoms with Gasteiger partial charge in [0.15, 0.2) is 0 Å². The van der Waals surface area contributed by atoms with Crippen LogP contribution in [-0.4, -0.2) is 42.6 Å². The summed E-state index contributed by atoms with van der Waals surface area (Å²) >= 11 is 0. The first kappa shape index (κ1) is 15.4. The highest BCUT2D eigenvalue weighted by atomic mass is 16.5. The van der Waals surface area contributed by atoms with Crippen LogP contribution < -0.4 is 5.73 Å². The molecule has 1 aliphatic heterocycles. The van der Waals surface area contributed by atoms with E-state index in [4.69, 9.17) is 10.5 Å². The number of carbonyl (C=O) groups excluding carboxylic acids is 1. The highest BCUT2D eigenvalue weighted by Crippen LogP contribution is 2.33. The first-order valence-electron chi connectivity index (χ1n) is 7.17. The zero-order valence-corrected chi connectivity index (χ0v) is 12.2. The third-order valence-corrected chi connectivity index (χ3v) is 3.96. The fourth-order valence-electron chi connectivity index (χ4n) is 2.79. The molecule has 0 aromatic heterocycles. The van der Waals surface area contributed by atoms with Crippen LogP contribution >= 0.6 is 0 Å². The summed E-state index contributed by atoms with van der Waals surface area (Å²) in [6.07, 6.45) is 2.06. The van der Waals surface area contributed by atoms with Crippen molar-refractivity contribution in [3.63, 3.8) is 0 Å². The van der Waals surface area contributed by atoms with Crippen molar-refractivity contribution in [2.45, 2.75) is 52.7 Å². The molecule has 4 heteroatoms. The number of hydrogen-bond acceptors (Lipinski definition) is 3. The Kier molecular flexibility index (Phi) is 6.09. The summed E-state index contributed by atoms with van der Waals surface area (Å²) in [7, 11) is 0. The molecule has 0 saturated carbocycles. The lowest BCUT2D eigenvalue weighted by Crippen LogP contribution is -2.42. The van der Waals surface area contributed by atoms with Gasteiger partial charge in [0.2, 0.25) is 5.91 Å². The topological polar surface area (TPSA) is 55.6 Å².